The van der Waals surface area contributed by atoms with Gasteiger partial charge in [-0.2, -0.15) is 0 Å². The van der Waals surface area contributed by atoms with E-state index in [1.165, 1.54) is 48.4 Å². The number of hydrogen-bond donors (Lipinski definition) is 1. The molecule has 4 rings (SSSR count). The maximum absolute atomic E-state index is 14.2. The number of amides is 2. The normalized spacial score (nSPS) is 14.5. The van der Waals surface area contributed by atoms with Crippen LogP contribution in [0.25, 0.3) is 0 Å². The Bertz CT molecular complexity index is 1470. The first-order valence-corrected chi connectivity index (χ1v) is 16.1. The van der Waals surface area contributed by atoms with Crippen molar-refractivity contribution in [2.24, 2.45) is 0 Å². The standard InChI is InChI=1S/C33H40FN3O5S/c1-4-31(33(39)35-27-8-6-5-7-9-27)36(22-25-12-10-24(2)11-13-25)32(38)23-37(28-16-14-26(34)15-17-28)43(40,41)30-20-18-29(42-3)19-21-30/h10-21,27,31H,4-9,22-23H2,1-3H3,(H,35,39). The molecule has 2 amide bonds. The molecule has 3 aromatic carbocycles. The fourth-order valence-corrected chi connectivity index (χ4v) is 6.78. The summed E-state index contributed by atoms with van der Waals surface area (Å²) in [4.78, 5) is 29.2. The van der Waals surface area contributed by atoms with Gasteiger partial charge in [0.15, 0.2) is 0 Å². The zero-order valence-corrected chi connectivity index (χ0v) is 25.8. The van der Waals surface area contributed by atoms with Crippen LogP contribution in [0.5, 0.6) is 5.75 Å². The van der Waals surface area contributed by atoms with Gasteiger partial charge in [0.25, 0.3) is 10.0 Å². The molecule has 0 heterocycles. The Kier molecular flexibility index (Phi) is 10.8. The number of benzene rings is 3. The summed E-state index contributed by atoms with van der Waals surface area (Å²) in [6, 6.07) is 17.7. The second-order valence-electron chi connectivity index (χ2n) is 10.9. The number of ether oxygens (including phenoxy) is 1. The third-order valence-electron chi connectivity index (χ3n) is 7.85. The summed E-state index contributed by atoms with van der Waals surface area (Å²) in [5.74, 6) is -0.862. The third-order valence-corrected chi connectivity index (χ3v) is 9.64. The molecule has 0 spiro atoms. The molecule has 0 radical (unpaired) electrons. The van der Waals surface area contributed by atoms with Crippen LogP contribution < -0.4 is 14.4 Å². The number of carbonyl (C=O) groups excluding carboxylic acids is 2. The number of methoxy groups -OCH3 is 1. The van der Waals surface area contributed by atoms with E-state index in [1.807, 2.05) is 38.1 Å². The number of anilines is 1. The maximum atomic E-state index is 14.2. The molecule has 10 heteroatoms. The van der Waals surface area contributed by atoms with Crippen molar-refractivity contribution in [3.05, 3.63) is 89.7 Å². The molecule has 0 saturated heterocycles. The van der Waals surface area contributed by atoms with Crippen molar-refractivity contribution in [2.45, 2.75) is 75.9 Å². The van der Waals surface area contributed by atoms with Crippen LogP contribution in [0.2, 0.25) is 0 Å². The zero-order chi connectivity index (χ0) is 31.0. The van der Waals surface area contributed by atoms with E-state index < -0.39 is 34.3 Å². The first kappa shape index (κ1) is 32.0. The molecule has 1 N–H and O–H groups in total. The van der Waals surface area contributed by atoms with Crippen molar-refractivity contribution in [2.75, 3.05) is 18.0 Å². The second kappa shape index (κ2) is 14.5. The van der Waals surface area contributed by atoms with Crippen LogP contribution in [0.1, 0.15) is 56.6 Å². The van der Waals surface area contributed by atoms with E-state index in [2.05, 4.69) is 5.32 Å². The molecule has 3 aromatic rings. The van der Waals surface area contributed by atoms with E-state index in [0.717, 1.165) is 59.7 Å². The van der Waals surface area contributed by atoms with E-state index in [1.54, 1.807) is 0 Å². The van der Waals surface area contributed by atoms with Crippen molar-refractivity contribution in [1.82, 2.24) is 10.2 Å². The van der Waals surface area contributed by atoms with Gasteiger partial charge in [0.2, 0.25) is 11.8 Å². The van der Waals surface area contributed by atoms with Gasteiger partial charge in [0.1, 0.15) is 24.2 Å². The molecule has 0 bridgehead atoms. The lowest BCUT2D eigenvalue weighted by Crippen LogP contribution is -2.54. The molecule has 1 aliphatic rings. The summed E-state index contributed by atoms with van der Waals surface area (Å²) in [6.45, 7) is 3.34. The van der Waals surface area contributed by atoms with Gasteiger partial charge in [0.05, 0.1) is 17.7 Å². The number of aryl methyl sites for hydroxylation is 1. The van der Waals surface area contributed by atoms with Crippen LogP contribution in [0.3, 0.4) is 0 Å². The minimum atomic E-state index is -4.27. The summed E-state index contributed by atoms with van der Waals surface area (Å²) >= 11 is 0. The topological polar surface area (TPSA) is 96.0 Å². The highest BCUT2D eigenvalue weighted by molar-refractivity contribution is 7.92. The Morgan fingerprint density at radius 3 is 2.16 bits per heavy atom. The molecule has 8 nitrogen and oxygen atoms in total. The predicted octanol–water partition coefficient (Wildman–Crippen LogP) is 5.59. The second-order valence-corrected chi connectivity index (χ2v) is 12.8. The number of rotatable bonds is 12. The average molecular weight is 610 g/mol. The van der Waals surface area contributed by atoms with Crippen molar-refractivity contribution in [3.8, 4) is 5.75 Å². The monoisotopic (exact) mass is 609 g/mol. The van der Waals surface area contributed by atoms with Crippen LogP contribution in [0, 0.1) is 12.7 Å². The predicted molar refractivity (Wildman–Crippen MR) is 165 cm³/mol. The lowest BCUT2D eigenvalue weighted by atomic mass is 9.95. The van der Waals surface area contributed by atoms with Crippen LogP contribution in [0.15, 0.2) is 77.7 Å². The highest BCUT2D eigenvalue weighted by Gasteiger charge is 2.34. The average Bonchev–Trinajstić information content (AvgIpc) is 3.01. The number of carbonyl (C=O) groups is 2. The number of halogens is 1. The lowest BCUT2D eigenvalue weighted by molar-refractivity contribution is -0.140. The Balaban J connectivity index is 1.69. The number of nitrogens with zero attached hydrogens (tertiary/aromatic N) is 2. The Morgan fingerprint density at radius 2 is 1.58 bits per heavy atom. The quantitative estimate of drug-likeness (QED) is 0.289. The summed E-state index contributed by atoms with van der Waals surface area (Å²) < 4.78 is 47.9. The summed E-state index contributed by atoms with van der Waals surface area (Å²) in [6.07, 6.45) is 5.37. The molecule has 0 aromatic heterocycles. The van der Waals surface area contributed by atoms with E-state index in [4.69, 9.17) is 4.74 Å². The van der Waals surface area contributed by atoms with E-state index in [0.29, 0.717) is 12.2 Å². The van der Waals surface area contributed by atoms with Gasteiger partial charge in [-0.25, -0.2) is 12.8 Å². The highest BCUT2D eigenvalue weighted by Crippen LogP contribution is 2.27. The van der Waals surface area contributed by atoms with Gasteiger partial charge in [-0.15, -0.1) is 0 Å². The fraction of sp³-hybridized carbons (Fsp3) is 0.394. The molecule has 43 heavy (non-hydrogen) atoms. The van der Waals surface area contributed by atoms with E-state index in [9.17, 15) is 22.4 Å². The van der Waals surface area contributed by atoms with Gasteiger partial charge in [-0.1, -0.05) is 56.0 Å². The van der Waals surface area contributed by atoms with Crippen LogP contribution >= 0.6 is 0 Å². The summed E-state index contributed by atoms with van der Waals surface area (Å²) in [7, 11) is -2.79. The smallest absolute Gasteiger partial charge is 0.264 e. The number of hydrogen-bond acceptors (Lipinski definition) is 5. The minimum Gasteiger partial charge on any atom is -0.497 e. The molecule has 0 aliphatic heterocycles. The van der Waals surface area contributed by atoms with Crippen LogP contribution in [-0.4, -0.2) is 50.9 Å². The van der Waals surface area contributed by atoms with Crippen molar-refractivity contribution in [3.63, 3.8) is 0 Å². The minimum absolute atomic E-state index is 0.0535. The Labute approximate surface area is 253 Å². The van der Waals surface area contributed by atoms with Gasteiger partial charge in [-0.3, -0.25) is 13.9 Å². The van der Waals surface area contributed by atoms with Crippen molar-refractivity contribution >= 4 is 27.5 Å². The van der Waals surface area contributed by atoms with Gasteiger partial charge >= 0.3 is 0 Å². The Hall–Kier alpha value is -3.92. The number of sulfonamides is 1. The molecule has 1 aliphatic carbocycles. The molecule has 1 unspecified atom stereocenters. The molecule has 1 fully saturated rings. The summed E-state index contributed by atoms with van der Waals surface area (Å²) in [5, 5.41) is 3.14. The molecular formula is C33H40FN3O5S. The van der Waals surface area contributed by atoms with Gasteiger partial charge in [0, 0.05) is 12.6 Å². The molecule has 230 valence electrons. The van der Waals surface area contributed by atoms with Crippen molar-refractivity contribution < 1.29 is 27.1 Å². The van der Waals surface area contributed by atoms with E-state index >= 15 is 0 Å². The van der Waals surface area contributed by atoms with Crippen molar-refractivity contribution in [1.29, 1.82) is 0 Å². The molecule has 1 saturated carbocycles. The Morgan fingerprint density at radius 1 is 0.953 bits per heavy atom. The first-order chi connectivity index (χ1) is 20.6. The zero-order valence-electron chi connectivity index (χ0n) is 25.0. The first-order valence-electron chi connectivity index (χ1n) is 14.7. The maximum Gasteiger partial charge on any atom is 0.264 e. The van der Waals surface area contributed by atoms with Gasteiger partial charge < -0.3 is 15.0 Å². The largest absolute Gasteiger partial charge is 0.497 e. The van der Waals surface area contributed by atoms with Crippen LogP contribution in [0.4, 0.5) is 10.1 Å². The highest BCUT2D eigenvalue weighted by atomic mass is 32.2. The summed E-state index contributed by atoms with van der Waals surface area (Å²) in [5.41, 5.74) is 1.99. The lowest BCUT2D eigenvalue weighted by Gasteiger charge is -2.34. The fourth-order valence-electron chi connectivity index (χ4n) is 5.36. The SMILES string of the molecule is CCC(C(=O)NC1CCCCC1)N(Cc1ccc(C)cc1)C(=O)CN(c1ccc(F)cc1)S(=O)(=O)c1ccc(OC)cc1. The molecule has 1 atom stereocenters. The van der Waals surface area contributed by atoms with Gasteiger partial charge in [-0.05, 0) is 80.3 Å². The van der Waals surface area contributed by atoms with Crippen LogP contribution in [-0.2, 0) is 26.2 Å². The van der Waals surface area contributed by atoms with E-state index in [-0.39, 0.29) is 29.1 Å². The molecular weight excluding hydrogens is 569 g/mol. The third kappa shape index (κ3) is 8.13. The number of nitrogens with one attached hydrogen (secondary N) is 1.